The molecule has 11 heteroatoms. The Labute approximate surface area is 260 Å². The summed E-state index contributed by atoms with van der Waals surface area (Å²) < 4.78 is 30.2. The first kappa shape index (κ1) is 31.9. The molecule has 1 atom stereocenters. The van der Waals surface area contributed by atoms with Crippen LogP contribution in [0.5, 0.6) is 11.5 Å². The van der Waals surface area contributed by atoms with Gasteiger partial charge in [-0.05, 0) is 85.6 Å². The molecule has 1 amide bonds. The van der Waals surface area contributed by atoms with Crippen LogP contribution in [0, 0.1) is 5.82 Å². The fourth-order valence-corrected chi connectivity index (χ4v) is 4.76. The molecule has 3 N–H and O–H groups in total. The number of allylic oxidation sites excluding steroid dienone is 2. The van der Waals surface area contributed by atoms with Crippen molar-refractivity contribution in [2.45, 2.75) is 32.9 Å². The number of nitrogens with one attached hydrogen (secondary N) is 3. The fourth-order valence-electron chi connectivity index (χ4n) is 4.49. The van der Waals surface area contributed by atoms with Gasteiger partial charge >= 0.3 is 5.97 Å². The molecule has 44 heavy (non-hydrogen) atoms. The van der Waals surface area contributed by atoms with Gasteiger partial charge in [0.2, 0.25) is 0 Å². The third-order valence-corrected chi connectivity index (χ3v) is 6.73. The lowest BCUT2D eigenvalue weighted by molar-refractivity contribution is -0.139. The van der Waals surface area contributed by atoms with Crippen LogP contribution in [0.2, 0.25) is 0 Å². The Morgan fingerprint density at radius 1 is 1.09 bits per heavy atom. The van der Waals surface area contributed by atoms with Gasteiger partial charge < -0.3 is 24.8 Å². The van der Waals surface area contributed by atoms with Crippen LogP contribution >= 0.6 is 12.2 Å². The molecular formula is C33H33FN4O5S. The van der Waals surface area contributed by atoms with Crippen molar-refractivity contribution >= 4 is 35.4 Å². The molecule has 0 radical (unpaired) electrons. The van der Waals surface area contributed by atoms with Crippen LogP contribution in [0.4, 0.5) is 4.39 Å². The first-order chi connectivity index (χ1) is 21.3. The van der Waals surface area contributed by atoms with Crippen LogP contribution in [-0.2, 0) is 27.4 Å². The summed E-state index contributed by atoms with van der Waals surface area (Å²) in [6.45, 7) is 7.48. The van der Waals surface area contributed by atoms with Gasteiger partial charge in [0.25, 0.3) is 5.91 Å². The molecule has 9 nitrogen and oxygen atoms in total. The largest absolute Gasteiger partial charge is 0.489 e. The molecule has 0 unspecified atom stereocenters. The second-order valence-electron chi connectivity index (χ2n) is 9.69. The number of carbonyl (C=O) groups is 2. The second-order valence-corrected chi connectivity index (χ2v) is 10.1. The van der Waals surface area contributed by atoms with Crippen LogP contribution in [0.1, 0.15) is 42.1 Å². The zero-order chi connectivity index (χ0) is 31.5. The van der Waals surface area contributed by atoms with Crippen LogP contribution in [-0.4, -0.2) is 36.4 Å². The molecular weight excluding hydrogens is 583 g/mol. The van der Waals surface area contributed by atoms with Gasteiger partial charge in [-0.2, -0.15) is 5.10 Å². The molecule has 4 rings (SSSR count). The maximum Gasteiger partial charge on any atom is 0.338 e. The molecule has 3 aromatic carbocycles. The monoisotopic (exact) mass is 616 g/mol. The molecule has 0 fully saturated rings. The average Bonchev–Trinajstić information content (AvgIpc) is 3.00. The number of nitrogens with zero attached hydrogens (tertiary/aromatic N) is 1. The molecule has 0 aliphatic carbocycles. The van der Waals surface area contributed by atoms with Gasteiger partial charge in [0.15, 0.2) is 11.7 Å². The van der Waals surface area contributed by atoms with Crippen LogP contribution < -0.4 is 25.5 Å². The fraction of sp³-hybridized carbons (Fsp3) is 0.212. The van der Waals surface area contributed by atoms with Gasteiger partial charge in [-0.3, -0.25) is 4.79 Å². The Morgan fingerprint density at radius 3 is 2.61 bits per heavy atom. The van der Waals surface area contributed by atoms with Crippen LogP contribution in [0.3, 0.4) is 0 Å². The summed E-state index contributed by atoms with van der Waals surface area (Å²) in [6, 6.07) is 18.1. The minimum Gasteiger partial charge on any atom is -0.489 e. The summed E-state index contributed by atoms with van der Waals surface area (Å²) in [5, 5.41) is 10.5. The predicted octanol–water partition coefficient (Wildman–Crippen LogP) is 5.02. The van der Waals surface area contributed by atoms with Gasteiger partial charge in [0, 0.05) is 11.3 Å². The van der Waals surface area contributed by atoms with Crippen molar-refractivity contribution in [3.8, 4) is 11.5 Å². The molecule has 1 aliphatic heterocycles. The number of hydrogen-bond acceptors (Lipinski definition) is 7. The SMILES string of the molecule is C=CCc1cc(C=NNC(=O)COc2ccccc2[C@@H]2NC(=S)NC(C)=C2C(=O)OCC)ccc1OCc1ccc(F)cc1. The highest BCUT2D eigenvalue weighted by atomic mass is 32.1. The molecule has 1 aliphatic rings. The van der Waals surface area contributed by atoms with Crippen molar-refractivity contribution in [3.05, 3.63) is 119 Å². The lowest BCUT2D eigenvalue weighted by Crippen LogP contribution is -2.45. The number of hydrogen-bond donors (Lipinski definition) is 3. The lowest BCUT2D eigenvalue weighted by Gasteiger charge is -2.30. The highest BCUT2D eigenvalue weighted by Crippen LogP contribution is 2.33. The Bertz CT molecular complexity index is 1590. The third-order valence-electron chi connectivity index (χ3n) is 6.51. The minimum atomic E-state index is -0.632. The average molecular weight is 617 g/mol. The quantitative estimate of drug-likeness (QED) is 0.0808. The highest BCUT2D eigenvalue weighted by molar-refractivity contribution is 7.80. The van der Waals surface area contributed by atoms with E-state index in [1.807, 2.05) is 18.2 Å². The van der Waals surface area contributed by atoms with E-state index in [4.69, 9.17) is 26.4 Å². The summed E-state index contributed by atoms with van der Waals surface area (Å²) in [7, 11) is 0. The summed E-state index contributed by atoms with van der Waals surface area (Å²) in [6.07, 6.45) is 3.84. The zero-order valence-corrected chi connectivity index (χ0v) is 25.2. The number of benzene rings is 3. The maximum atomic E-state index is 13.2. The number of halogens is 1. The van der Waals surface area contributed by atoms with Gasteiger partial charge in [0.05, 0.1) is 24.4 Å². The molecule has 1 heterocycles. The van der Waals surface area contributed by atoms with E-state index in [1.54, 1.807) is 56.3 Å². The van der Waals surface area contributed by atoms with E-state index in [1.165, 1.54) is 18.3 Å². The molecule has 0 saturated carbocycles. The van der Waals surface area contributed by atoms with E-state index in [0.29, 0.717) is 39.9 Å². The first-order valence-corrected chi connectivity index (χ1v) is 14.3. The number of hydrazone groups is 1. The van der Waals surface area contributed by atoms with E-state index in [9.17, 15) is 14.0 Å². The van der Waals surface area contributed by atoms with Crippen molar-refractivity contribution in [2.24, 2.45) is 5.10 Å². The number of amides is 1. The van der Waals surface area contributed by atoms with Gasteiger partial charge in [-0.25, -0.2) is 14.6 Å². The number of ether oxygens (including phenoxy) is 3. The van der Waals surface area contributed by atoms with Crippen molar-refractivity contribution in [2.75, 3.05) is 13.2 Å². The maximum absolute atomic E-state index is 13.2. The molecule has 0 spiro atoms. The van der Waals surface area contributed by atoms with Crippen molar-refractivity contribution in [3.63, 3.8) is 0 Å². The van der Waals surface area contributed by atoms with E-state index in [-0.39, 0.29) is 25.6 Å². The number of carbonyl (C=O) groups excluding carboxylic acids is 2. The summed E-state index contributed by atoms with van der Waals surface area (Å²) in [5.74, 6) is -0.197. The number of esters is 1. The Morgan fingerprint density at radius 2 is 1.86 bits per heavy atom. The van der Waals surface area contributed by atoms with Crippen molar-refractivity contribution in [1.29, 1.82) is 0 Å². The van der Waals surface area contributed by atoms with E-state index < -0.39 is 17.9 Å². The predicted molar refractivity (Wildman–Crippen MR) is 170 cm³/mol. The number of rotatable bonds is 13. The smallest absolute Gasteiger partial charge is 0.338 e. The Hall–Kier alpha value is -5.03. The van der Waals surface area contributed by atoms with Gasteiger partial charge in [-0.1, -0.05) is 36.4 Å². The standard InChI is InChI=1S/C33H33FN4O5S/c1-4-8-24-17-23(13-16-27(24)42-19-22-11-14-25(34)15-12-22)18-35-38-29(39)20-43-28-10-7-6-9-26(28)31-30(32(40)41-5-2)21(3)36-33(44)37-31/h4,6-7,9-18,31H,1,5,8,19-20H2,2-3H3,(H,38,39)(H2,36,37,44)/t31-/m0/s1. The summed E-state index contributed by atoms with van der Waals surface area (Å²) in [4.78, 5) is 25.3. The van der Waals surface area contributed by atoms with Crippen LogP contribution in [0.15, 0.2) is 95.8 Å². The van der Waals surface area contributed by atoms with Crippen molar-refractivity contribution in [1.82, 2.24) is 16.1 Å². The zero-order valence-electron chi connectivity index (χ0n) is 24.4. The lowest BCUT2D eigenvalue weighted by atomic mass is 9.95. The van der Waals surface area contributed by atoms with Crippen LogP contribution in [0.25, 0.3) is 0 Å². The Kier molecular flexibility index (Phi) is 11.2. The number of para-hydroxylation sites is 1. The molecule has 0 aromatic heterocycles. The van der Waals surface area contributed by atoms with Gasteiger partial charge in [0.1, 0.15) is 23.9 Å². The molecule has 3 aromatic rings. The van der Waals surface area contributed by atoms with E-state index in [0.717, 1.165) is 16.7 Å². The molecule has 0 bridgehead atoms. The summed E-state index contributed by atoms with van der Waals surface area (Å²) >= 11 is 5.32. The Balaban J connectivity index is 1.38. The number of thiocarbonyl (C=S) groups is 1. The molecule has 228 valence electrons. The second kappa shape index (κ2) is 15.4. The van der Waals surface area contributed by atoms with E-state index in [2.05, 4.69) is 27.7 Å². The third kappa shape index (κ3) is 8.51. The summed E-state index contributed by atoms with van der Waals surface area (Å²) in [5.41, 5.74) is 6.49. The molecule has 0 saturated heterocycles. The highest BCUT2D eigenvalue weighted by Gasteiger charge is 2.32. The first-order valence-electron chi connectivity index (χ1n) is 13.9. The normalized spacial score (nSPS) is 14.4. The minimum absolute atomic E-state index is 0.219. The van der Waals surface area contributed by atoms with Gasteiger partial charge in [-0.15, -0.1) is 6.58 Å². The van der Waals surface area contributed by atoms with Crippen molar-refractivity contribution < 1.29 is 28.2 Å². The topological polar surface area (TPSA) is 110 Å². The van der Waals surface area contributed by atoms with E-state index >= 15 is 0 Å².